The topological polar surface area (TPSA) is 89.8 Å². The molecule has 1 aliphatic rings. The first kappa shape index (κ1) is 17.9. The fourth-order valence-electron chi connectivity index (χ4n) is 2.73. The lowest BCUT2D eigenvalue weighted by molar-refractivity contribution is -0.385. The molecule has 0 saturated carbocycles. The highest BCUT2D eigenvalue weighted by Crippen LogP contribution is 2.30. The summed E-state index contributed by atoms with van der Waals surface area (Å²) >= 11 is 5.74. The molecule has 0 N–H and O–H groups in total. The molecule has 0 bridgehead atoms. The van der Waals surface area contributed by atoms with Gasteiger partial charge >= 0.3 is 5.69 Å². The number of nitrogens with zero attached hydrogens (tertiary/aromatic N) is 2. The van der Waals surface area contributed by atoms with Crippen molar-refractivity contribution in [1.29, 1.82) is 0 Å². The Morgan fingerprint density at radius 2 is 1.96 bits per heavy atom. The molecule has 1 heterocycles. The summed E-state index contributed by atoms with van der Waals surface area (Å²) in [5, 5.41) is 11.2. The second-order valence-corrected chi connectivity index (χ2v) is 6.21. The number of ether oxygens (including phenoxy) is 1. The van der Waals surface area contributed by atoms with Crippen LogP contribution < -0.4 is 9.64 Å². The SMILES string of the molecule is O=C(COc1ccc(Cl)cc1[N+](=O)[O-])c1ccc(N2CCCC2=O)cc1. The largest absolute Gasteiger partial charge is 0.478 e. The van der Waals surface area contributed by atoms with E-state index < -0.39 is 4.92 Å². The molecule has 0 aliphatic carbocycles. The lowest BCUT2D eigenvalue weighted by Crippen LogP contribution is -2.23. The molecular weight excluding hydrogens is 360 g/mol. The Balaban J connectivity index is 1.67. The monoisotopic (exact) mass is 374 g/mol. The summed E-state index contributed by atoms with van der Waals surface area (Å²) in [5.41, 5.74) is 0.850. The minimum atomic E-state index is -0.618. The molecule has 1 amide bonds. The van der Waals surface area contributed by atoms with Gasteiger partial charge in [0, 0.05) is 35.3 Å². The summed E-state index contributed by atoms with van der Waals surface area (Å²) in [6.45, 7) is 0.333. The van der Waals surface area contributed by atoms with Gasteiger partial charge in [0.25, 0.3) is 0 Å². The molecule has 2 aromatic carbocycles. The lowest BCUT2D eigenvalue weighted by atomic mass is 10.1. The summed E-state index contributed by atoms with van der Waals surface area (Å²) in [7, 11) is 0. The van der Waals surface area contributed by atoms with E-state index in [1.165, 1.54) is 18.2 Å². The number of Topliss-reactive ketones (excluding diaryl/α,β-unsaturated/α-hetero) is 1. The standard InChI is InChI=1S/C18H15ClN2O5/c19-13-5-8-17(15(10-13)21(24)25)26-11-16(22)12-3-6-14(7-4-12)20-9-1-2-18(20)23/h3-8,10H,1-2,9,11H2. The molecule has 0 spiro atoms. The van der Waals surface area contributed by atoms with E-state index in [-0.39, 0.29) is 34.8 Å². The Morgan fingerprint density at radius 3 is 2.58 bits per heavy atom. The van der Waals surface area contributed by atoms with Crippen LogP contribution in [0, 0.1) is 10.1 Å². The molecule has 1 aliphatic heterocycles. The van der Waals surface area contributed by atoms with E-state index in [0.717, 1.165) is 12.1 Å². The first-order valence-corrected chi connectivity index (χ1v) is 8.34. The maximum atomic E-state index is 12.3. The number of hydrogen-bond donors (Lipinski definition) is 0. The normalized spacial score (nSPS) is 13.7. The highest BCUT2D eigenvalue weighted by atomic mass is 35.5. The van der Waals surface area contributed by atoms with Gasteiger partial charge in [-0.1, -0.05) is 11.6 Å². The summed E-state index contributed by atoms with van der Waals surface area (Å²) in [6, 6.07) is 10.6. The second kappa shape index (κ2) is 7.53. The van der Waals surface area contributed by atoms with Gasteiger partial charge in [0.05, 0.1) is 4.92 Å². The Labute approximate surface area is 154 Å². The van der Waals surface area contributed by atoms with Gasteiger partial charge in [-0.2, -0.15) is 0 Å². The Morgan fingerprint density at radius 1 is 1.23 bits per heavy atom. The number of anilines is 1. The molecule has 0 radical (unpaired) electrons. The molecule has 0 atom stereocenters. The van der Waals surface area contributed by atoms with E-state index in [4.69, 9.17) is 16.3 Å². The fraction of sp³-hybridized carbons (Fsp3) is 0.222. The second-order valence-electron chi connectivity index (χ2n) is 5.78. The van der Waals surface area contributed by atoms with E-state index in [9.17, 15) is 19.7 Å². The van der Waals surface area contributed by atoms with E-state index in [1.807, 2.05) is 0 Å². The molecule has 2 aromatic rings. The summed E-state index contributed by atoms with van der Waals surface area (Å²) in [4.78, 5) is 36.1. The van der Waals surface area contributed by atoms with E-state index in [1.54, 1.807) is 29.2 Å². The van der Waals surface area contributed by atoms with Crippen LogP contribution in [0.3, 0.4) is 0 Å². The first-order chi connectivity index (χ1) is 12.5. The number of ketones is 1. The first-order valence-electron chi connectivity index (χ1n) is 7.96. The van der Waals surface area contributed by atoms with Gasteiger partial charge in [-0.15, -0.1) is 0 Å². The van der Waals surface area contributed by atoms with Crippen molar-refractivity contribution in [2.24, 2.45) is 0 Å². The van der Waals surface area contributed by atoms with Crippen LogP contribution in [0.1, 0.15) is 23.2 Å². The van der Waals surface area contributed by atoms with Crippen molar-refractivity contribution in [2.75, 3.05) is 18.1 Å². The van der Waals surface area contributed by atoms with Gasteiger partial charge in [0.15, 0.2) is 18.1 Å². The predicted molar refractivity (Wildman–Crippen MR) is 96.0 cm³/mol. The van der Waals surface area contributed by atoms with Crippen molar-refractivity contribution in [3.8, 4) is 5.75 Å². The zero-order valence-electron chi connectivity index (χ0n) is 13.7. The van der Waals surface area contributed by atoms with Crippen molar-refractivity contribution in [3.63, 3.8) is 0 Å². The van der Waals surface area contributed by atoms with Gasteiger partial charge in [-0.05, 0) is 42.8 Å². The lowest BCUT2D eigenvalue weighted by Gasteiger charge is -2.15. The van der Waals surface area contributed by atoms with Crippen molar-refractivity contribution in [1.82, 2.24) is 0 Å². The Bertz CT molecular complexity index is 866. The number of carbonyl (C=O) groups is 2. The number of nitro groups is 1. The number of rotatable bonds is 6. The number of halogens is 1. The highest BCUT2D eigenvalue weighted by Gasteiger charge is 2.22. The third kappa shape index (κ3) is 3.83. The van der Waals surface area contributed by atoms with Crippen LogP contribution in [0.25, 0.3) is 0 Å². The van der Waals surface area contributed by atoms with Gasteiger partial charge in [-0.25, -0.2) is 0 Å². The van der Waals surface area contributed by atoms with Crippen LogP contribution in [0.2, 0.25) is 5.02 Å². The summed E-state index contributed by atoms with van der Waals surface area (Å²) in [6.07, 6.45) is 1.36. The smallest absolute Gasteiger partial charge is 0.312 e. The van der Waals surface area contributed by atoms with Crippen LogP contribution in [0.15, 0.2) is 42.5 Å². The molecule has 7 nitrogen and oxygen atoms in total. The Kier molecular flexibility index (Phi) is 5.18. The average molecular weight is 375 g/mol. The predicted octanol–water partition coefficient (Wildman–Crippen LogP) is 3.64. The number of amides is 1. The van der Waals surface area contributed by atoms with Crippen molar-refractivity contribution in [2.45, 2.75) is 12.8 Å². The minimum Gasteiger partial charge on any atom is -0.478 e. The molecule has 26 heavy (non-hydrogen) atoms. The average Bonchev–Trinajstić information content (AvgIpc) is 3.06. The van der Waals surface area contributed by atoms with Crippen LogP contribution in [-0.2, 0) is 4.79 Å². The number of carbonyl (C=O) groups excluding carboxylic acids is 2. The molecule has 3 rings (SSSR count). The van der Waals surface area contributed by atoms with Crippen molar-refractivity contribution < 1.29 is 19.2 Å². The van der Waals surface area contributed by atoms with Gasteiger partial charge in [-0.3, -0.25) is 19.7 Å². The summed E-state index contributed by atoms with van der Waals surface area (Å²) < 4.78 is 5.30. The van der Waals surface area contributed by atoms with Crippen molar-refractivity contribution >= 4 is 34.7 Å². The van der Waals surface area contributed by atoms with E-state index in [0.29, 0.717) is 18.5 Å². The molecule has 1 fully saturated rings. The molecule has 1 saturated heterocycles. The molecular formula is C18H15ClN2O5. The van der Waals surface area contributed by atoms with Crippen LogP contribution in [0.4, 0.5) is 11.4 Å². The van der Waals surface area contributed by atoms with Gasteiger partial charge in [0.1, 0.15) is 0 Å². The highest BCUT2D eigenvalue weighted by molar-refractivity contribution is 6.30. The minimum absolute atomic E-state index is 0.0213. The van der Waals surface area contributed by atoms with E-state index in [2.05, 4.69) is 0 Å². The van der Waals surface area contributed by atoms with Crippen LogP contribution >= 0.6 is 11.6 Å². The molecule has 0 unspecified atom stereocenters. The Hall–Kier alpha value is -2.93. The molecule has 0 aromatic heterocycles. The molecule has 134 valence electrons. The summed E-state index contributed by atoms with van der Waals surface area (Å²) in [5.74, 6) is -0.275. The number of benzene rings is 2. The third-order valence-electron chi connectivity index (χ3n) is 4.05. The zero-order valence-corrected chi connectivity index (χ0v) is 14.4. The molecule has 8 heteroatoms. The van der Waals surface area contributed by atoms with Crippen molar-refractivity contribution in [3.05, 3.63) is 63.2 Å². The maximum Gasteiger partial charge on any atom is 0.312 e. The van der Waals surface area contributed by atoms with Gasteiger partial charge in [0.2, 0.25) is 5.91 Å². The third-order valence-corrected chi connectivity index (χ3v) is 4.29. The number of nitro benzene ring substituents is 1. The zero-order chi connectivity index (χ0) is 18.7. The maximum absolute atomic E-state index is 12.3. The fourth-order valence-corrected chi connectivity index (χ4v) is 2.90. The van der Waals surface area contributed by atoms with Crippen LogP contribution in [0.5, 0.6) is 5.75 Å². The number of hydrogen-bond acceptors (Lipinski definition) is 5. The van der Waals surface area contributed by atoms with E-state index >= 15 is 0 Å². The quantitative estimate of drug-likeness (QED) is 0.437. The van der Waals surface area contributed by atoms with Gasteiger partial charge < -0.3 is 9.64 Å². The van der Waals surface area contributed by atoms with Crippen LogP contribution in [-0.4, -0.2) is 29.8 Å².